The van der Waals surface area contributed by atoms with Crippen LogP contribution in [0.4, 0.5) is 0 Å². The van der Waals surface area contributed by atoms with Crippen molar-refractivity contribution in [2.24, 2.45) is 0 Å². The van der Waals surface area contributed by atoms with Crippen LogP contribution in [0, 0.1) is 17.2 Å². The maximum absolute atomic E-state index is 8.94. The van der Waals surface area contributed by atoms with Crippen LogP contribution in [0.3, 0.4) is 0 Å². The van der Waals surface area contributed by atoms with Gasteiger partial charge in [0.15, 0.2) is 0 Å². The van der Waals surface area contributed by atoms with Crippen molar-refractivity contribution in [2.45, 2.75) is 0 Å². The van der Waals surface area contributed by atoms with Crippen LogP contribution < -0.4 is 0 Å². The molecule has 0 saturated heterocycles. The molecule has 0 amide bonds. The van der Waals surface area contributed by atoms with E-state index in [9.17, 15) is 0 Å². The van der Waals surface area contributed by atoms with E-state index in [1.54, 1.807) is 0 Å². The van der Waals surface area contributed by atoms with Crippen LogP contribution in [-0.2, 0) is 0 Å². The fraction of sp³-hybridized carbons (Fsp3) is 0. The fourth-order valence-electron chi connectivity index (χ4n) is 2.42. The second-order valence-electron chi connectivity index (χ2n) is 4.80. The predicted molar refractivity (Wildman–Crippen MR) is 84.6 cm³/mol. The summed E-state index contributed by atoms with van der Waals surface area (Å²) in [5.41, 5.74) is 4.15. The second-order valence-corrected chi connectivity index (χ2v) is 4.80. The Morgan fingerprint density at radius 2 is 1.00 bits per heavy atom. The van der Waals surface area contributed by atoms with E-state index >= 15 is 0 Å². The SMILES string of the molecule is N#Cc1ccc([C+](c2ccccc2)c2ccccc2)cc1. The van der Waals surface area contributed by atoms with Crippen LogP contribution >= 0.6 is 0 Å². The average molecular weight is 268 g/mol. The highest BCUT2D eigenvalue weighted by Gasteiger charge is 2.21. The van der Waals surface area contributed by atoms with E-state index in [1.165, 1.54) is 17.0 Å². The lowest BCUT2D eigenvalue weighted by Crippen LogP contribution is -2.04. The molecule has 3 aromatic carbocycles. The van der Waals surface area contributed by atoms with E-state index in [1.807, 2.05) is 60.7 Å². The molecule has 0 saturated carbocycles. The minimum atomic E-state index is 0.680. The summed E-state index contributed by atoms with van der Waals surface area (Å²) in [6.07, 6.45) is 0. The Kier molecular flexibility index (Phi) is 3.71. The average Bonchev–Trinajstić information content (AvgIpc) is 2.58. The van der Waals surface area contributed by atoms with Gasteiger partial charge in [-0.05, 0) is 72.8 Å². The Balaban J connectivity index is 2.10. The molecule has 1 nitrogen and oxygen atoms in total. The molecular weight excluding hydrogens is 254 g/mol. The van der Waals surface area contributed by atoms with Crippen LogP contribution in [0.25, 0.3) is 0 Å². The summed E-state index contributed by atoms with van der Waals surface area (Å²) in [7, 11) is 0. The molecule has 0 aliphatic carbocycles. The summed E-state index contributed by atoms with van der Waals surface area (Å²) in [5, 5.41) is 8.94. The van der Waals surface area contributed by atoms with Gasteiger partial charge in [-0.25, -0.2) is 0 Å². The number of hydrogen-bond acceptors (Lipinski definition) is 1. The molecular formula is C20H14N+. The molecule has 0 aromatic heterocycles. The van der Waals surface area contributed by atoms with Gasteiger partial charge in [0.1, 0.15) is 6.07 Å². The van der Waals surface area contributed by atoms with E-state index in [0.717, 1.165) is 5.56 Å². The quantitative estimate of drug-likeness (QED) is 0.504. The van der Waals surface area contributed by atoms with E-state index in [4.69, 9.17) is 5.26 Å². The Morgan fingerprint density at radius 3 is 1.43 bits per heavy atom. The highest BCUT2D eigenvalue weighted by atomic mass is 14.2. The largest absolute Gasteiger partial charge is 0.192 e. The van der Waals surface area contributed by atoms with Crippen molar-refractivity contribution in [2.75, 3.05) is 0 Å². The molecule has 0 atom stereocenters. The topological polar surface area (TPSA) is 23.8 Å². The molecule has 0 heterocycles. The lowest BCUT2D eigenvalue weighted by Gasteiger charge is -2.13. The number of hydrogen-bond donors (Lipinski definition) is 0. The standard InChI is InChI=1S/C20H14N/c21-15-16-11-13-19(14-12-16)20(17-7-3-1-4-8-17)18-9-5-2-6-10-18/h1-14H/q+1. The van der Waals surface area contributed by atoms with Crippen molar-refractivity contribution in [1.29, 1.82) is 5.26 Å². The molecule has 1 heteroatoms. The van der Waals surface area contributed by atoms with Gasteiger partial charge in [-0.3, -0.25) is 0 Å². The zero-order valence-corrected chi connectivity index (χ0v) is 11.5. The summed E-state index contributed by atoms with van der Waals surface area (Å²) >= 11 is 0. The van der Waals surface area contributed by atoms with Gasteiger partial charge in [-0.1, -0.05) is 12.1 Å². The number of nitrogens with zero attached hydrogens (tertiary/aromatic N) is 1. The predicted octanol–water partition coefficient (Wildman–Crippen LogP) is 4.58. The van der Waals surface area contributed by atoms with Crippen LogP contribution in [0.2, 0.25) is 0 Å². The summed E-state index contributed by atoms with van der Waals surface area (Å²) in [4.78, 5) is 0. The van der Waals surface area contributed by atoms with E-state index in [0.29, 0.717) is 5.56 Å². The number of rotatable bonds is 3. The van der Waals surface area contributed by atoms with Gasteiger partial charge in [0, 0.05) is 0 Å². The van der Waals surface area contributed by atoms with Gasteiger partial charge in [0.25, 0.3) is 0 Å². The maximum atomic E-state index is 8.94. The molecule has 0 aliphatic rings. The first-order valence-corrected chi connectivity index (χ1v) is 6.87. The highest BCUT2D eigenvalue weighted by molar-refractivity contribution is 5.57. The smallest absolute Gasteiger partial charge is 0.100 e. The lowest BCUT2D eigenvalue weighted by molar-refractivity contribution is 1.23. The first-order valence-electron chi connectivity index (χ1n) is 6.87. The van der Waals surface area contributed by atoms with Crippen molar-refractivity contribution < 1.29 is 0 Å². The first kappa shape index (κ1) is 13.0. The molecule has 3 rings (SSSR count). The van der Waals surface area contributed by atoms with E-state index in [-0.39, 0.29) is 0 Å². The van der Waals surface area contributed by atoms with Crippen LogP contribution in [0.1, 0.15) is 22.3 Å². The van der Waals surface area contributed by atoms with Gasteiger partial charge in [0.2, 0.25) is 0 Å². The van der Waals surface area contributed by atoms with Crippen molar-refractivity contribution in [3.63, 3.8) is 0 Å². The van der Waals surface area contributed by atoms with E-state index < -0.39 is 0 Å². The van der Waals surface area contributed by atoms with Crippen LogP contribution in [0.5, 0.6) is 0 Å². The summed E-state index contributed by atoms with van der Waals surface area (Å²) in [6, 6.07) is 30.6. The van der Waals surface area contributed by atoms with Crippen LogP contribution in [-0.4, -0.2) is 0 Å². The normalized spacial score (nSPS) is 9.86. The zero-order chi connectivity index (χ0) is 14.5. The third-order valence-corrected chi connectivity index (χ3v) is 3.43. The molecule has 21 heavy (non-hydrogen) atoms. The first-order chi connectivity index (χ1) is 10.4. The summed E-state index contributed by atoms with van der Waals surface area (Å²) < 4.78 is 0. The zero-order valence-electron chi connectivity index (χ0n) is 11.5. The Labute approximate surface area is 125 Å². The number of benzene rings is 3. The summed E-state index contributed by atoms with van der Waals surface area (Å²) in [6.45, 7) is 0. The van der Waals surface area contributed by atoms with Gasteiger partial charge in [0.05, 0.1) is 28.2 Å². The van der Waals surface area contributed by atoms with Crippen LogP contribution in [0.15, 0.2) is 84.9 Å². The van der Waals surface area contributed by atoms with E-state index in [2.05, 4.69) is 30.3 Å². The molecule has 0 radical (unpaired) electrons. The molecule has 0 N–H and O–H groups in total. The molecule has 0 spiro atoms. The second kappa shape index (κ2) is 5.98. The molecule has 98 valence electrons. The monoisotopic (exact) mass is 268 g/mol. The Bertz CT molecular complexity index is 698. The number of nitriles is 1. The van der Waals surface area contributed by atoms with Crippen molar-refractivity contribution >= 4 is 0 Å². The molecule has 3 aromatic rings. The highest BCUT2D eigenvalue weighted by Crippen LogP contribution is 2.30. The Morgan fingerprint density at radius 1 is 0.571 bits per heavy atom. The summed E-state index contributed by atoms with van der Waals surface area (Å²) in [5.74, 6) is 1.18. The third-order valence-electron chi connectivity index (χ3n) is 3.43. The minimum Gasteiger partial charge on any atom is -0.192 e. The third kappa shape index (κ3) is 2.80. The molecule has 0 aliphatic heterocycles. The fourth-order valence-corrected chi connectivity index (χ4v) is 2.42. The van der Waals surface area contributed by atoms with Gasteiger partial charge in [-0.15, -0.1) is 0 Å². The van der Waals surface area contributed by atoms with Crippen molar-refractivity contribution in [1.82, 2.24) is 0 Å². The minimum absolute atomic E-state index is 0.680. The van der Waals surface area contributed by atoms with Gasteiger partial charge >= 0.3 is 0 Å². The molecule has 0 fully saturated rings. The Hall–Kier alpha value is -2.98. The van der Waals surface area contributed by atoms with Crippen molar-refractivity contribution in [3.05, 3.63) is 113 Å². The van der Waals surface area contributed by atoms with Crippen molar-refractivity contribution in [3.8, 4) is 6.07 Å². The molecule has 0 bridgehead atoms. The molecule has 0 unspecified atom stereocenters. The van der Waals surface area contributed by atoms with Gasteiger partial charge in [-0.2, -0.15) is 5.26 Å². The maximum Gasteiger partial charge on any atom is 0.100 e. The lowest BCUT2D eigenvalue weighted by atomic mass is 9.85. The van der Waals surface area contributed by atoms with Gasteiger partial charge < -0.3 is 0 Å².